The van der Waals surface area contributed by atoms with E-state index in [9.17, 15) is 4.79 Å². The molecule has 6 heteroatoms. The monoisotopic (exact) mass is 407 g/mol. The number of aromatic nitrogens is 2. The lowest BCUT2D eigenvalue weighted by atomic mass is 10.00. The summed E-state index contributed by atoms with van der Waals surface area (Å²) in [6.45, 7) is 8.38. The Bertz CT molecular complexity index is 1110. The van der Waals surface area contributed by atoms with Gasteiger partial charge in [-0.2, -0.15) is 0 Å². The maximum Gasteiger partial charge on any atom is 0.150 e. The number of carbonyl (C=O) groups is 1. The molecule has 4 rings (SSSR count). The van der Waals surface area contributed by atoms with Gasteiger partial charge < -0.3 is 14.0 Å². The average molecular weight is 407 g/mol. The van der Waals surface area contributed by atoms with E-state index in [-0.39, 0.29) is 11.9 Å². The summed E-state index contributed by atoms with van der Waals surface area (Å²) < 4.78 is 23.0. The summed E-state index contributed by atoms with van der Waals surface area (Å²) in [5, 5.41) is 0. The van der Waals surface area contributed by atoms with Crippen LogP contribution < -0.4 is 0 Å². The molecule has 0 radical (unpaired) electrons. The van der Waals surface area contributed by atoms with Gasteiger partial charge in [0.1, 0.15) is 17.8 Å². The molecule has 0 bridgehead atoms. The van der Waals surface area contributed by atoms with E-state index in [1.54, 1.807) is 18.2 Å². The van der Waals surface area contributed by atoms with Crippen LogP contribution in [0.4, 0.5) is 4.39 Å². The highest BCUT2D eigenvalue weighted by Gasteiger charge is 2.24. The van der Waals surface area contributed by atoms with Crippen LogP contribution in [0, 0.1) is 5.82 Å². The summed E-state index contributed by atoms with van der Waals surface area (Å²) in [5.74, 6) is -0.330. The normalized spacial score (nSPS) is 17.4. The number of ether oxygens (including phenoxy) is 1. The number of nitrogens with zero attached hydrogens (tertiary/aromatic N) is 3. The summed E-state index contributed by atoms with van der Waals surface area (Å²) in [6, 6.07) is 8.65. The molecule has 0 saturated carbocycles. The van der Waals surface area contributed by atoms with Crippen molar-refractivity contribution in [1.82, 2.24) is 14.3 Å². The third-order valence-corrected chi connectivity index (χ3v) is 5.71. The highest BCUT2D eigenvalue weighted by Crippen LogP contribution is 2.31. The molecule has 2 aromatic heterocycles. The second-order valence-corrected chi connectivity index (χ2v) is 7.82. The van der Waals surface area contributed by atoms with E-state index in [0.29, 0.717) is 35.5 Å². The Morgan fingerprint density at radius 3 is 2.90 bits per heavy atom. The smallest absolute Gasteiger partial charge is 0.150 e. The van der Waals surface area contributed by atoms with Crippen molar-refractivity contribution < 1.29 is 13.9 Å². The van der Waals surface area contributed by atoms with E-state index in [1.807, 2.05) is 23.6 Å². The van der Waals surface area contributed by atoms with Crippen molar-refractivity contribution in [3.8, 4) is 11.3 Å². The molecule has 1 aliphatic rings. The van der Waals surface area contributed by atoms with E-state index in [4.69, 9.17) is 9.72 Å². The number of morpholine rings is 1. The number of hydrogen-bond acceptors (Lipinski definition) is 4. The molecule has 1 saturated heterocycles. The molecule has 1 unspecified atom stereocenters. The van der Waals surface area contributed by atoms with Gasteiger partial charge in [0.2, 0.25) is 0 Å². The van der Waals surface area contributed by atoms with Crippen LogP contribution in [0.2, 0.25) is 0 Å². The zero-order chi connectivity index (χ0) is 21.3. The van der Waals surface area contributed by atoms with Crippen molar-refractivity contribution in [3.63, 3.8) is 0 Å². The molecule has 0 amide bonds. The van der Waals surface area contributed by atoms with Crippen LogP contribution in [0.1, 0.15) is 35.0 Å². The van der Waals surface area contributed by atoms with Crippen LogP contribution in [0.3, 0.4) is 0 Å². The number of halogens is 1. The summed E-state index contributed by atoms with van der Waals surface area (Å²) in [4.78, 5) is 18.2. The number of carbonyl (C=O) groups excluding carboxylic acids is 1. The predicted octanol–water partition coefficient (Wildman–Crippen LogP) is 4.25. The molecule has 0 spiro atoms. The van der Waals surface area contributed by atoms with Gasteiger partial charge in [-0.05, 0) is 48.9 Å². The number of fused-ring (bicyclic) bond motifs is 1. The van der Waals surface area contributed by atoms with Gasteiger partial charge in [-0.15, -0.1) is 0 Å². The van der Waals surface area contributed by atoms with Gasteiger partial charge in [0.25, 0.3) is 0 Å². The number of rotatable bonds is 6. The first-order valence-corrected chi connectivity index (χ1v) is 10.2. The van der Waals surface area contributed by atoms with Crippen molar-refractivity contribution in [2.45, 2.75) is 25.9 Å². The molecule has 30 heavy (non-hydrogen) atoms. The lowest BCUT2D eigenvalue weighted by Crippen LogP contribution is -2.41. The van der Waals surface area contributed by atoms with Gasteiger partial charge in [0.05, 0.1) is 24.1 Å². The quantitative estimate of drug-likeness (QED) is 0.573. The third-order valence-electron chi connectivity index (χ3n) is 5.71. The first-order valence-electron chi connectivity index (χ1n) is 10.2. The van der Waals surface area contributed by atoms with E-state index in [0.717, 1.165) is 42.6 Å². The van der Waals surface area contributed by atoms with E-state index in [1.165, 1.54) is 6.07 Å². The van der Waals surface area contributed by atoms with Crippen LogP contribution in [0.25, 0.3) is 22.5 Å². The minimum atomic E-state index is -0.330. The number of pyridine rings is 1. The van der Waals surface area contributed by atoms with Gasteiger partial charge in [-0.25, -0.2) is 9.37 Å². The average Bonchev–Trinajstić information content (AvgIpc) is 3.10. The zero-order valence-corrected chi connectivity index (χ0v) is 17.4. The summed E-state index contributed by atoms with van der Waals surface area (Å²) in [7, 11) is 2.07. The zero-order valence-electron chi connectivity index (χ0n) is 17.4. The van der Waals surface area contributed by atoms with Gasteiger partial charge in [-0.1, -0.05) is 19.6 Å². The lowest BCUT2D eigenvalue weighted by Gasteiger charge is -2.30. The van der Waals surface area contributed by atoms with Gasteiger partial charge in [0.15, 0.2) is 0 Å². The number of aldehydes is 1. The molecule has 5 nitrogen and oxygen atoms in total. The number of benzene rings is 1. The van der Waals surface area contributed by atoms with Crippen molar-refractivity contribution in [2.75, 3.05) is 26.7 Å². The van der Waals surface area contributed by atoms with E-state index < -0.39 is 0 Å². The third kappa shape index (κ3) is 3.93. The molecular formula is C24H26FN3O2. The molecule has 1 atom stereocenters. The van der Waals surface area contributed by atoms with Crippen LogP contribution in [-0.2, 0) is 11.2 Å². The van der Waals surface area contributed by atoms with Crippen molar-refractivity contribution in [1.29, 1.82) is 0 Å². The minimum Gasteiger partial charge on any atom is -0.375 e. The van der Waals surface area contributed by atoms with Crippen LogP contribution in [0.15, 0.2) is 43.1 Å². The minimum absolute atomic E-state index is 0.00430. The Hall–Kier alpha value is -2.83. The van der Waals surface area contributed by atoms with Crippen LogP contribution in [0.5, 0.6) is 0 Å². The Morgan fingerprint density at radius 2 is 2.20 bits per heavy atom. The van der Waals surface area contributed by atoms with Crippen LogP contribution >= 0.6 is 0 Å². The lowest BCUT2D eigenvalue weighted by molar-refractivity contribution is -0.0190. The molecule has 1 aromatic carbocycles. The summed E-state index contributed by atoms with van der Waals surface area (Å²) in [5.41, 5.74) is 4.75. The topological polar surface area (TPSA) is 46.8 Å². The molecule has 0 N–H and O–H groups in total. The fraction of sp³-hybridized carbons (Fsp3) is 0.333. The van der Waals surface area contributed by atoms with Crippen molar-refractivity contribution >= 4 is 17.5 Å². The maximum atomic E-state index is 15.1. The second-order valence-electron chi connectivity index (χ2n) is 7.82. The molecule has 156 valence electrons. The largest absolute Gasteiger partial charge is 0.375 e. The molecule has 0 aliphatic carbocycles. The fourth-order valence-electron chi connectivity index (χ4n) is 3.93. The van der Waals surface area contributed by atoms with Crippen LogP contribution in [-0.4, -0.2) is 53.4 Å². The number of hydrogen-bond donors (Lipinski definition) is 0. The summed E-state index contributed by atoms with van der Waals surface area (Å²) in [6.07, 6.45) is 3.97. The van der Waals surface area contributed by atoms with E-state index in [2.05, 4.69) is 18.5 Å². The van der Waals surface area contributed by atoms with Gasteiger partial charge in [-0.3, -0.25) is 4.79 Å². The fourth-order valence-corrected chi connectivity index (χ4v) is 3.93. The van der Waals surface area contributed by atoms with E-state index >= 15 is 4.39 Å². The van der Waals surface area contributed by atoms with Crippen molar-refractivity contribution in [2.24, 2.45) is 0 Å². The Labute approximate surface area is 175 Å². The molecule has 1 aliphatic heterocycles. The maximum absolute atomic E-state index is 15.1. The first-order chi connectivity index (χ1) is 14.5. The Kier molecular flexibility index (Phi) is 5.79. The highest BCUT2D eigenvalue weighted by molar-refractivity contribution is 5.78. The number of imidazole rings is 1. The SMILES string of the molecule is C=C(CC)c1ccc(-c2nc3cc(C=O)ccn3c2CC2CN(C)CCO2)c(F)c1. The second kappa shape index (κ2) is 8.50. The van der Waals surface area contributed by atoms with Gasteiger partial charge in [0, 0.05) is 36.8 Å². The predicted molar refractivity (Wildman–Crippen MR) is 116 cm³/mol. The number of allylic oxidation sites excluding steroid dienone is 1. The van der Waals surface area contributed by atoms with Gasteiger partial charge >= 0.3 is 0 Å². The summed E-state index contributed by atoms with van der Waals surface area (Å²) >= 11 is 0. The first kappa shape index (κ1) is 20.4. The van der Waals surface area contributed by atoms with Crippen molar-refractivity contribution in [3.05, 3.63) is 65.7 Å². The standard InChI is InChI=1S/C24H26FN3O2/c1-4-16(2)18-5-6-20(21(25)12-18)24-22(13-19-14-27(3)9-10-30-19)28-8-7-17(15-29)11-23(28)26-24/h5-8,11-12,15,19H,2,4,9-10,13-14H2,1,3H3. The molecule has 3 aromatic rings. The highest BCUT2D eigenvalue weighted by atomic mass is 19.1. The molecular weight excluding hydrogens is 381 g/mol. The number of likely N-dealkylation sites (N-methyl/N-ethyl adjacent to an activating group) is 1. The molecule has 3 heterocycles. The Morgan fingerprint density at radius 1 is 1.37 bits per heavy atom. The molecule has 1 fully saturated rings. The Balaban J connectivity index is 1.81.